The number of aliphatic carboxylic acids is 1. The molecule has 20 heavy (non-hydrogen) atoms. The highest BCUT2D eigenvalue weighted by atomic mass is 35.5. The van der Waals surface area contributed by atoms with Gasteiger partial charge < -0.3 is 9.84 Å². The fourth-order valence-electron chi connectivity index (χ4n) is 1.64. The van der Waals surface area contributed by atoms with Crippen LogP contribution in [0, 0.1) is 0 Å². The quantitative estimate of drug-likeness (QED) is 0.796. The number of aryl methyl sites for hydroxylation is 1. The molecule has 0 aliphatic carbocycles. The van der Waals surface area contributed by atoms with Crippen LogP contribution in [0.5, 0.6) is 5.75 Å². The summed E-state index contributed by atoms with van der Waals surface area (Å²) >= 11 is 7.28. The van der Waals surface area contributed by atoms with E-state index in [1.54, 1.807) is 17.5 Å². The van der Waals surface area contributed by atoms with Gasteiger partial charge in [0.25, 0.3) is 0 Å². The zero-order valence-electron chi connectivity index (χ0n) is 10.7. The van der Waals surface area contributed by atoms with Crippen molar-refractivity contribution >= 4 is 28.9 Å². The summed E-state index contributed by atoms with van der Waals surface area (Å²) in [5.41, 5.74) is 0.621. The summed E-state index contributed by atoms with van der Waals surface area (Å²) in [5, 5.41) is 12.1. The molecule has 0 aliphatic heterocycles. The largest absolute Gasteiger partial charge is 0.494 e. The van der Waals surface area contributed by atoms with Crippen molar-refractivity contribution in [1.82, 2.24) is 4.98 Å². The van der Waals surface area contributed by atoms with Crippen LogP contribution in [-0.4, -0.2) is 22.7 Å². The average molecular weight is 312 g/mol. The van der Waals surface area contributed by atoms with Crippen LogP contribution in [0.1, 0.15) is 17.1 Å². The van der Waals surface area contributed by atoms with Gasteiger partial charge >= 0.3 is 5.97 Å². The van der Waals surface area contributed by atoms with Crippen LogP contribution >= 0.6 is 22.9 Å². The molecule has 0 unspecified atom stereocenters. The second kappa shape index (κ2) is 7.26. The van der Waals surface area contributed by atoms with Crippen LogP contribution in [0.3, 0.4) is 0 Å². The highest BCUT2D eigenvalue weighted by Crippen LogP contribution is 2.16. The molecular formula is C14H14ClNO3S. The fraction of sp³-hybridized carbons (Fsp3) is 0.286. The van der Waals surface area contributed by atoms with Crippen molar-refractivity contribution < 1.29 is 14.6 Å². The first-order valence-corrected chi connectivity index (χ1v) is 7.42. The van der Waals surface area contributed by atoms with Gasteiger partial charge in [-0.2, -0.15) is 0 Å². The number of hydrogen-bond acceptors (Lipinski definition) is 4. The fourth-order valence-corrected chi connectivity index (χ4v) is 2.61. The van der Waals surface area contributed by atoms with Crippen LogP contribution in [-0.2, 0) is 17.6 Å². The summed E-state index contributed by atoms with van der Waals surface area (Å²) in [6.45, 7) is 0.593. The number of carboxylic acids is 1. The van der Waals surface area contributed by atoms with Crippen molar-refractivity contribution in [3.05, 3.63) is 45.4 Å². The van der Waals surface area contributed by atoms with E-state index in [0.717, 1.165) is 23.6 Å². The molecule has 0 aliphatic rings. The molecule has 4 nitrogen and oxygen atoms in total. The molecule has 0 radical (unpaired) electrons. The van der Waals surface area contributed by atoms with Gasteiger partial charge in [-0.15, -0.1) is 11.3 Å². The molecule has 0 fully saturated rings. The number of carboxylic acid groups (broad SMARTS) is 1. The van der Waals surface area contributed by atoms with Gasteiger partial charge in [-0.25, -0.2) is 4.98 Å². The standard InChI is InChI=1S/C14H14ClNO3S/c15-10-3-5-12(6-4-10)19-7-1-2-13-16-11(9-20-13)8-14(17)18/h3-6,9H,1-2,7-8H2,(H,17,18). The Labute approximate surface area is 126 Å². The maximum atomic E-state index is 10.6. The first kappa shape index (κ1) is 14.8. The summed E-state index contributed by atoms with van der Waals surface area (Å²) in [6.07, 6.45) is 1.61. The number of ether oxygens (including phenoxy) is 1. The van der Waals surface area contributed by atoms with E-state index in [1.165, 1.54) is 11.3 Å². The van der Waals surface area contributed by atoms with Gasteiger partial charge in [-0.1, -0.05) is 11.6 Å². The summed E-state index contributed by atoms with van der Waals surface area (Å²) in [7, 11) is 0. The smallest absolute Gasteiger partial charge is 0.309 e. The molecule has 1 aromatic carbocycles. The highest BCUT2D eigenvalue weighted by molar-refractivity contribution is 7.09. The summed E-state index contributed by atoms with van der Waals surface area (Å²) in [5.74, 6) is -0.0620. The Morgan fingerprint density at radius 3 is 2.80 bits per heavy atom. The van der Waals surface area contributed by atoms with Crippen molar-refractivity contribution in [2.75, 3.05) is 6.61 Å². The van der Waals surface area contributed by atoms with Gasteiger partial charge in [0.05, 0.1) is 23.7 Å². The van der Waals surface area contributed by atoms with Gasteiger partial charge in [0.1, 0.15) is 5.75 Å². The molecule has 1 N–H and O–H groups in total. The zero-order chi connectivity index (χ0) is 14.4. The Hall–Kier alpha value is -1.59. The third-order valence-electron chi connectivity index (χ3n) is 2.55. The van der Waals surface area contributed by atoms with Gasteiger partial charge in [-0.05, 0) is 30.7 Å². The van der Waals surface area contributed by atoms with E-state index in [-0.39, 0.29) is 6.42 Å². The number of hydrogen-bond donors (Lipinski definition) is 1. The maximum Gasteiger partial charge on any atom is 0.309 e. The van der Waals surface area contributed by atoms with E-state index in [9.17, 15) is 4.79 Å². The average Bonchev–Trinajstić information content (AvgIpc) is 2.83. The number of benzene rings is 1. The normalized spacial score (nSPS) is 10.4. The van der Waals surface area contributed by atoms with Gasteiger partial charge in [0, 0.05) is 16.8 Å². The summed E-state index contributed by atoms with van der Waals surface area (Å²) in [4.78, 5) is 14.8. The number of thiazole rings is 1. The molecule has 6 heteroatoms. The predicted molar refractivity (Wildman–Crippen MR) is 78.7 cm³/mol. The number of rotatable bonds is 7. The predicted octanol–water partition coefficient (Wildman–Crippen LogP) is 3.44. The molecule has 1 aromatic heterocycles. The minimum Gasteiger partial charge on any atom is -0.494 e. The van der Waals surface area contributed by atoms with Crippen LogP contribution in [0.25, 0.3) is 0 Å². The van der Waals surface area contributed by atoms with E-state index in [4.69, 9.17) is 21.4 Å². The van der Waals surface area contributed by atoms with Gasteiger partial charge in [-0.3, -0.25) is 4.79 Å². The molecular weight excluding hydrogens is 298 g/mol. The lowest BCUT2D eigenvalue weighted by molar-refractivity contribution is -0.136. The van der Waals surface area contributed by atoms with Crippen molar-refractivity contribution in [3.8, 4) is 5.75 Å². The Morgan fingerprint density at radius 1 is 1.35 bits per heavy atom. The first-order valence-electron chi connectivity index (χ1n) is 6.17. The summed E-state index contributed by atoms with van der Waals surface area (Å²) in [6, 6.07) is 7.24. The van der Waals surface area contributed by atoms with Crippen LogP contribution in [0.15, 0.2) is 29.6 Å². The van der Waals surface area contributed by atoms with Crippen molar-refractivity contribution in [2.45, 2.75) is 19.3 Å². The minimum atomic E-state index is -0.854. The third kappa shape index (κ3) is 4.83. The first-order chi connectivity index (χ1) is 9.63. The molecule has 0 saturated carbocycles. The highest BCUT2D eigenvalue weighted by Gasteiger charge is 2.06. The van der Waals surface area contributed by atoms with Crippen LogP contribution in [0.4, 0.5) is 0 Å². The topological polar surface area (TPSA) is 59.4 Å². The lowest BCUT2D eigenvalue weighted by Crippen LogP contribution is -2.01. The molecule has 0 atom stereocenters. The Kier molecular flexibility index (Phi) is 5.38. The minimum absolute atomic E-state index is 0.0161. The molecule has 1 heterocycles. The summed E-state index contributed by atoms with van der Waals surface area (Å²) < 4.78 is 5.58. The molecule has 0 amide bonds. The van der Waals surface area contributed by atoms with Crippen LogP contribution in [0.2, 0.25) is 5.02 Å². The molecule has 0 saturated heterocycles. The second-order valence-electron chi connectivity index (χ2n) is 4.21. The van der Waals surface area contributed by atoms with E-state index in [0.29, 0.717) is 17.3 Å². The zero-order valence-corrected chi connectivity index (χ0v) is 12.3. The Bertz CT molecular complexity index is 568. The number of carbonyl (C=O) groups is 1. The molecule has 2 aromatic rings. The van der Waals surface area contributed by atoms with E-state index in [1.807, 2.05) is 12.1 Å². The molecule has 106 valence electrons. The Morgan fingerprint density at radius 2 is 2.10 bits per heavy atom. The van der Waals surface area contributed by atoms with E-state index < -0.39 is 5.97 Å². The maximum absolute atomic E-state index is 10.6. The monoisotopic (exact) mass is 311 g/mol. The molecule has 0 spiro atoms. The van der Waals surface area contributed by atoms with Crippen LogP contribution < -0.4 is 4.74 Å². The lowest BCUT2D eigenvalue weighted by atomic mass is 10.3. The van der Waals surface area contributed by atoms with Crippen molar-refractivity contribution in [3.63, 3.8) is 0 Å². The molecule has 2 rings (SSSR count). The molecule has 0 bridgehead atoms. The van der Waals surface area contributed by atoms with E-state index in [2.05, 4.69) is 4.98 Å². The Balaban J connectivity index is 1.71. The van der Waals surface area contributed by atoms with E-state index >= 15 is 0 Å². The lowest BCUT2D eigenvalue weighted by Gasteiger charge is -2.04. The number of nitrogens with zero attached hydrogens (tertiary/aromatic N) is 1. The third-order valence-corrected chi connectivity index (χ3v) is 3.76. The SMILES string of the molecule is O=C(O)Cc1csc(CCCOc2ccc(Cl)cc2)n1. The number of halogens is 1. The second-order valence-corrected chi connectivity index (χ2v) is 5.59. The number of aromatic nitrogens is 1. The van der Waals surface area contributed by atoms with Gasteiger partial charge in [0.2, 0.25) is 0 Å². The van der Waals surface area contributed by atoms with Crippen molar-refractivity contribution in [1.29, 1.82) is 0 Å². The van der Waals surface area contributed by atoms with Gasteiger partial charge in [0.15, 0.2) is 0 Å². The van der Waals surface area contributed by atoms with Crippen molar-refractivity contribution in [2.24, 2.45) is 0 Å².